The van der Waals surface area contributed by atoms with E-state index < -0.39 is 6.09 Å². The van der Waals surface area contributed by atoms with Crippen molar-refractivity contribution < 1.29 is 14.3 Å². The normalized spacial score (nSPS) is 13.0. The third-order valence-electron chi connectivity index (χ3n) is 4.65. The quantitative estimate of drug-likeness (QED) is 0.724. The Morgan fingerprint density at radius 1 is 1.07 bits per heavy atom. The molecule has 28 heavy (non-hydrogen) atoms. The minimum atomic E-state index is -0.544. The van der Waals surface area contributed by atoms with Crippen molar-refractivity contribution in [3.05, 3.63) is 70.7 Å². The smallest absolute Gasteiger partial charge is 0.413 e. The average molecular weight is 393 g/mol. The summed E-state index contributed by atoms with van der Waals surface area (Å²) in [5.74, 6) is 0.00105. The number of hydrogen-bond acceptors (Lipinski definition) is 5. The predicted octanol–water partition coefficient (Wildman–Crippen LogP) is 4.19. The maximum absolute atomic E-state index is 12.9. The maximum Gasteiger partial charge on any atom is 0.413 e. The van der Waals surface area contributed by atoms with Gasteiger partial charge in [-0.25, -0.2) is 9.78 Å². The number of anilines is 1. The van der Waals surface area contributed by atoms with Gasteiger partial charge in [-0.15, -0.1) is 0 Å². The number of carbonyl (C=O) groups is 2. The summed E-state index contributed by atoms with van der Waals surface area (Å²) in [7, 11) is 1.31. The van der Waals surface area contributed by atoms with Crippen LogP contribution >= 0.6 is 11.3 Å². The van der Waals surface area contributed by atoms with Gasteiger partial charge in [-0.2, -0.15) is 0 Å². The Morgan fingerprint density at radius 3 is 2.50 bits per heavy atom. The first-order chi connectivity index (χ1) is 13.6. The summed E-state index contributed by atoms with van der Waals surface area (Å²) in [6.07, 6.45) is 0.125. The molecule has 3 aromatic rings. The number of ether oxygens (including phenoxy) is 1. The van der Waals surface area contributed by atoms with E-state index in [1.807, 2.05) is 59.5 Å². The molecule has 1 aliphatic rings. The molecule has 1 N–H and O–H groups in total. The first-order valence-corrected chi connectivity index (χ1v) is 9.74. The number of thiazole rings is 1. The standard InChI is InChI=1S/C21H19N3O3S/c1-27-21(26)23-20-22-17-11-12-24(13-18(17)28-20)19(25)16-9-7-15(8-10-16)14-5-3-2-4-6-14/h2-10H,11-13H2,1H3,(H,22,23,26). The van der Waals surface area contributed by atoms with E-state index in [2.05, 4.69) is 15.0 Å². The lowest BCUT2D eigenvalue weighted by molar-refractivity contribution is 0.0736. The summed E-state index contributed by atoms with van der Waals surface area (Å²) in [6.45, 7) is 1.10. The molecule has 0 saturated heterocycles. The van der Waals surface area contributed by atoms with Crippen molar-refractivity contribution in [2.75, 3.05) is 19.0 Å². The van der Waals surface area contributed by atoms with Gasteiger partial charge in [-0.05, 0) is 23.3 Å². The third-order valence-corrected chi connectivity index (χ3v) is 5.65. The van der Waals surface area contributed by atoms with E-state index >= 15 is 0 Å². The number of hydrogen-bond donors (Lipinski definition) is 1. The lowest BCUT2D eigenvalue weighted by Crippen LogP contribution is -2.35. The molecule has 2 heterocycles. The number of rotatable bonds is 3. The van der Waals surface area contributed by atoms with Gasteiger partial charge >= 0.3 is 6.09 Å². The second-order valence-electron chi connectivity index (χ2n) is 6.43. The van der Waals surface area contributed by atoms with Gasteiger partial charge in [0.25, 0.3) is 5.91 Å². The number of amides is 2. The van der Waals surface area contributed by atoms with Crippen LogP contribution in [-0.4, -0.2) is 35.5 Å². The Balaban J connectivity index is 1.47. The zero-order valence-electron chi connectivity index (χ0n) is 15.3. The number of fused-ring (bicyclic) bond motifs is 1. The summed E-state index contributed by atoms with van der Waals surface area (Å²) in [5.41, 5.74) is 3.80. The molecule has 7 heteroatoms. The van der Waals surface area contributed by atoms with Gasteiger partial charge in [0.1, 0.15) is 0 Å². The maximum atomic E-state index is 12.9. The van der Waals surface area contributed by atoms with Crippen LogP contribution in [0.2, 0.25) is 0 Å². The molecule has 1 aliphatic heterocycles. The first-order valence-electron chi connectivity index (χ1n) is 8.92. The van der Waals surface area contributed by atoms with Crippen LogP contribution in [0.1, 0.15) is 20.9 Å². The monoisotopic (exact) mass is 393 g/mol. The van der Waals surface area contributed by atoms with Crippen molar-refractivity contribution in [3.8, 4) is 11.1 Å². The van der Waals surface area contributed by atoms with Crippen molar-refractivity contribution in [2.45, 2.75) is 13.0 Å². The van der Waals surface area contributed by atoms with Gasteiger partial charge in [-0.3, -0.25) is 10.1 Å². The lowest BCUT2D eigenvalue weighted by Gasteiger charge is -2.26. The van der Waals surface area contributed by atoms with Gasteiger partial charge in [0.15, 0.2) is 5.13 Å². The van der Waals surface area contributed by atoms with Gasteiger partial charge in [0.05, 0.1) is 19.3 Å². The summed E-state index contributed by atoms with van der Waals surface area (Å²) in [5, 5.41) is 3.09. The van der Waals surface area contributed by atoms with Crippen LogP contribution in [-0.2, 0) is 17.7 Å². The van der Waals surface area contributed by atoms with E-state index in [9.17, 15) is 9.59 Å². The van der Waals surface area contributed by atoms with Crippen LogP contribution in [0.25, 0.3) is 11.1 Å². The predicted molar refractivity (Wildman–Crippen MR) is 108 cm³/mol. The lowest BCUT2D eigenvalue weighted by atomic mass is 10.0. The zero-order valence-corrected chi connectivity index (χ0v) is 16.2. The van der Waals surface area contributed by atoms with Crippen LogP contribution < -0.4 is 5.32 Å². The highest BCUT2D eigenvalue weighted by molar-refractivity contribution is 7.15. The highest BCUT2D eigenvalue weighted by Crippen LogP contribution is 2.29. The fourth-order valence-electron chi connectivity index (χ4n) is 3.18. The summed E-state index contributed by atoms with van der Waals surface area (Å²) in [6, 6.07) is 17.8. The second-order valence-corrected chi connectivity index (χ2v) is 7.51. The van der Waals surface area contributed by atoms with Crippen molar-refractivity contribution >= 4 is 28.5 Å². The van der Waals surface area contributed by atoms with Gasteiger partial charge in [0, 0.05) is 23.4 Å². The van der Waals surface area contributed by atoms with Crippen LogP contribution in [0, 0.1) is 0 Å². The molecule has 0 bridgehead atoms. The van der Waals surface area contributed by atoms with Crippen LogP contribution in [0.4, 0.5) is 9.93 Å². The highest BCUT2D eigenvalue weighted by Gasteiger charge is 2.25. The van der Waals surface area contributed by atoms with Crippen LogP contribution in [0.3, 0.4) is 0 Å². The topological polar surface area (TPSA) is 71.5 Å². The first kappa shape index (κ1) is 18.2. The molecule has 2 aromatic carbocycles. The average Bonchev–Trinajstić information content (AvgIpc) is 3.15. The van der Waals surface area contributed by atoms with Crippen LogP contribution in [0.15, 0.2) is 54.6 Å². The molecule has 0 saturated carbocycles. The van der Waals surface area contributed by atoms with E-state index in [0.717, 1.165) is 21.7 Å². The van der Waals surface area contributed by atoms with Gasteiger partial charge in [0.2, 0.25) is 0 Å². The zero-order chi connectivity index (χ0) is 19.5. The van der Waals surface area contributed by atoms with E-state index in [-0.39, 0.29) is 5.91 Å². The molecule has 0 atom stereocenters. The molecule has 4 rings (SSSR count). The minimum absolute atomic E-state index is 0.00105. The molecule has 6 nitrogen and oxygen atoms in total. The number of carbonyl (C=O) groups excluding carboxylic acids is 2. The van der Waals surface area contributed by atoms with E-state index in [0.29, 0.717) is 30.2 Å². The van der Waals surface area contributed by atoms with Crippen molar-refractivity contribution in [1.82, 2.24) is 9.88 Å². The van der Waals surface area contributed by atoms with Crippen molar-refractivity contribution in [2.24, 2.45) is 0 Å². The Bertz CT molecular complexity index is 999. The van der Waals surface area contributed by atoms with E-state index in [4.69, 9.17) is 0 Å². The van der Waals surface area contributed by atoms with Crippen molar-refractivity contribution in [3.63, 3.8) is 0 Å². The second kappa shape index (κ2) is 7.82. The molecule has 142 valence electrons. The van der Waals surface area contributed by atoms with E-state index in [1.165, 1.54) is 18.4 Å². The van der Waals surface area contributed by atoms with Crippen LogP contribution in [0.5, 0.6) is 0 Å². The number of aromatic nitrogens is 1. The molecule has 0 spiro atoms. The molecule has 0 aliphatic carbocycles. The molecule has 2 amide bonds. The SMILES string of the molecule is COC(=O)Nc1nc2c(s1)CN(C(=O)c1ccc(-c3ccccc3)cc1)CC2. The number of nitrogens with one attached hydrogen (secondary N) is 1. The minimum Gasteiger partial charge on any atom is -0.453 e. The summed E-state index contributed by atoms with van der Waals surface area (Å²) >= 11 is 1.38. The summed E-state index contributed by atoms with van der Waals surface area (Å²) < 4.78 is 4.60. The Morgan fingerprint density at radius 2 is 1.79 bits per heavy atom. The van der Waals surface area contributed by atoms with Crippen molar-refractivity contribution in [1.29, 1.82) is 0 Å². The van der Waals surface area contributed by atoms with Gasteiger partial charge in [-0.1, -0.05) is 53.8 Å². The Hall–Kier alpha value is -3.19. The van der Waals surface area contributed by atoms with Gasteiger partial charge < -0.3 is 9.64 Å². The molecule has 1 aromatic heterocycles. The number of methoxy groups -OCH3 is 1. The molecular weight excluding hydrogens is 374 g/mol. The Labute approximate surface area is 166 Å². The third kappa shape index (κ3) is 3.75. The molecule has 0 unspecified atom stereocenters. The fourth-order valence-corrected chi connectivity index (χ4v) is 4.19. The molecular formula is C21H19N3O3S. The largest absolute Gasteiger partial charge is 0.453 e. The number of benzene rings is 2. The van der Waals surface area contributed by atoms with E-state index in [1.54, 1.807) is 0 Å². The number of nitrogens with zero attached hydrogens (tertiary/aromatic N) is 2. The Kier molecular flexibility index (Phi) is 5.08. The fraction of sp³-hybridized carbons (Fsp3) is 0.190. The molecule has 0 radical (unpaired) electrons. The summed E-state index contributed by atoms with van der Waals surface area (Å²) in [4.78, 5) is 31.5. The molecule has 0 fully saturated rings. The highest BCUT2D eigenvalue weighted by atomic mass is 32.1.